The van der Waals surface area contributed by atoms with Gasteiger partial charge in [-0.15, -0.1) is 0 Å². The van der Waals surface area contributed by atoms with Crippen LogP contribution >= 0.6 is 0 Å². The fourth-order valence-electron chi connectivity index (χ4n) is 6.31. The lowest BCUT2D eigenvalue weighted by molar-refractivity contribution is -0.157. The minimum Gasteiger partial charge on any atom is -0.444 e. The third-order valence-electron chi connectivity index (χ3n) is 8.54. The van der Waals surface area contributed by atoms with Gasteiger partial charge in [0.05, 0.1) is 23.1 Å². The molecule has 230 valence electrons. The van der Waals surface area contributed by atoms with E-state index in [1.54, 1.807) is 11.6 Å². The number of benzene rings is 1. The molecule has 3 unspecified atom stereocenters. The minimum absolute atomic E-state index is 0.0686. The van der Waals surface area contributed by atoms with Crippen LogP contribution in [0.15, 0.2) is 23.0 Å². The van der Waals surface area contributed by atoms with E-state index in [1.165, 1.54) is 4.57 Å². The number of amides is 3. The molecule has 0 aliphatic carbocycles. The third-order valence-corrected chi connectivity index (χ3v) is 10.2. The standard InChI is InChI=1S/C30H45N5O6Si/c1-30(2,3)41-29(39)34-21-8-9-22(34)18-32(17-21)20-10-11-23-25(16-20)31(4)28(38)35(23)24-12-13-26(36)33(27(24)37)19-40-14-15-42(5,6)7/h10-11,16,21-22,24H,8-9,12-15,17-19H2,1-7H3. The summed E-state index contributed by atoms with van der Waals surface area (Å²) in [5, 5.41) is 0. The number of imidazole rings is 1. The zero-order valence-corrected chi connectivity index (χ0v) is 27.0. The van der Waals surface area contributed by atoms with Crippen molar-refractivity contribution in [2.45, 2.75) is 95.9 Å². The largest absolute Gasteiger partial charge is 0.444 e. The number of piperazine rings is 1. The first-order chi connectivity index (χ1) is 19.6. The van der Waals surface area contributed by atoms with Crippen molar-refractivity contribution in [1.82, 2.24) is 18.9 Å². The summed E-state index contributed by atoms with van der Waals surface area (Å²) >= 11 is 0. The SMILES string of the molecule is Cn1c(=O)n(C2CCC(=O)N(COCC[Si](C)(C)C)C2=O)c2ccc(N3CC4CCC(C3)N4C(=O)OC(C)(C)C)cc21. The number of hydrogen-bond acceptors (Lipinski definition) is 7. The first kappa shape index (κ1) is 30.3. The van der Waals surface area contributed by atoms with Crippen molar-refractivity contribution in [3.63, 3.8) is 0 Å². The maximum Gasteiger partial charge on any atom is 0.410 e. The molecule has 2 bridgehead atoms. The quantitative estimate of drug-likeness (QED) is 0.270. The summed E-state index contributed by atoms with van der Waals surface area (Å²) in [5.74, 6) is -0.659. The van der Waals surface area contributed by atoms with Crippen molar-refractivity contribution in [3.8, 4) is 0 Å². The number of carbonyl (C=O) groups is 3. The van der Waals surface area contributed by atoms with Crippen molar-refractivity contribution in [2.24, 2.45) is 7.05 Å². The highest BCUT2D eigenvalue weighted by Gasteiger charge is 2.44. The molecule has 5 rings (SSSR count). The smallest absolute Gasteiger partial charge is 0.410 e. The molecular weight excluding hydrogens is 554 g/mol. The van der Waals surface area contributed by atoms with Gasteiger partial charge in [-0.25, -0.2) is 9.59 Å². The fraction of sp³-hybridized carbons (Fsp3) is 0.667. The third kappa shape index (κ3) is 6.01. The second-order valence-corrected chi connectivity index (χ2v) is 19.7. The molecule has 3 fully saturated rings. The van der Waals surface area contributed by atoms with Crippen molar-refractivity contribution in [2.75, 3.05) is 31.3 Å². The number of piperidine rings is 1. The van der Waals surface area contributed by atoms with Gasteiger partial charge in [-0.3, -0.25) is 28.5 Å². The van der Waals surface area contributed by atoms with E-state index in [0.29, 0.717) is 25.2 Å². The molecule has 42 heavy (non-hydrogen) atoms. The Morgan fingerprint density at radius 1 is 1.00 bits per heavy atom. The first-order valence-corrected chi connectivity index (χ1v) is 18.7. The predicted octanol–water partition coefficient (Wildman–Crippen LogP) is 3.93. The normalized spacial score (nSPS) is 23.3. The van der Waals surface area contributed by atoms with Gasteiger partial charge in [-0.1, -0.05) is 19.6 Å². The Hall–Kier alpha value is -3.12. The number of ether oxygens (including phenoxy) is 2. The van der Waals surface area contributed by atoms with Crippen LogP contribution in [0, 0.1) is 0 Å². The molecule has 0 N–H and O–H groups in total. The summed E-state index contributed by atoms with van der Waals surface area (Å²) in [6.07, 6.45) is 2.06. The van der Waals surface area contributed by atoms with Crippen LogP contribution in [-0.4, -0.2) is 89.0 Å². The van der Waals surface area contributed by atoms with E-state index in [-0.39, 0.29) is 49.3 Å². The van der Waals surface area contributed by atoms with Crippen LogP contribution in [0.3, 0.4) is 0 Å². The first-order valence-electron chi connectivity index (χ1n) is 15.0. The van der Waals surface area contributed by atoms with Crippen molar-refractivity contribution >= 4 is 42.7 Å². The van der Waals surface area contributed by atoms with E-state index in [4.69, 9.17) is 9.47 Å². The Labute approximate surface area is 248 Å². The molecule has 4 heterocycles. The highest BCUT2D eigenvalue weighted by molar-refractivity contribution is 6.76. The number of likely N-dealkylation sites (tertiary alicyclic amines) is 1. The van der Waals surface area contributed by atoms with Crippen LogP contribution in [0.5, 0.6) is 0 Å². The molecule has 3 saturated heterocycles. The number of fused-ring (bicyclic) bond motifs is 3. The molecule has 12 heteroatoms. The monoisotopic (exact) mass is 599 g/mol. The van der Waals surface area contributed by atoms with Crippen molar-refractivity contribution in [3.05, 3.63) is 28.7 Å². The number of hydrogen-bond donors (Lipinski definition) is 0. The zero-order valence-electron chi connectivity index (χ0n) is 26.0. The minimum atomic E-state index is -1.31. The molecule has 1 aromatic carbocycles. The molecule has 3 aliphatic heterocycles. The summed E-state index contributed by atoms with van der Waals surface area (Å²) in [4.78, 5) is 57.9. The maximum absolute atomic E-state index is 13.5. The Kier molecular flexibility index (Phi) is 8.08. The van der Waals surface area contributed by atoms with Crippen molar-refractivity contribution in [1.29, 1.82) is 0 Å². The van der Waals surface area contributed by atoms with Gasteiger partial charge in [-0.05, 0) is 64.3 Å². The Bertz CT molecular complexity index is 1420. The number of imide groups is 1. The van der Waals surface area contributed by atoms with Gasteiger partial charge < -0.3 is 14.4 Å². The van der Waals surface area contributed by atoms with Gasteiger partial charge in [0.25, 0.3) is 5.91 Å². The Balaban J connectivity index is 1.34. The summed E-state index contributed by atoms with van der Waals surface area (Å²) in [5.41, 5.74) is 1.53. The fourth-order valence-corrected chi connectivity index (χ4v) is 7.06. The van der Waals surface area contributed by atoms with Crippen LogP contribution in [0.2, 0.25) is 25.7 Å². The van der Waals surface area contributed by atoms with Gasteiger partial charge in [0, 0.05) is 46.9 Å². The molecule has 0 saturated carbocycles. The summed E-state index contributed by atoms with van der Waals surface area (Å²) < 4.78 is 14.5. The molecule has 3 aliphatic rings. The zero-order chi connectivity index (χ0) is 30.6. The van der Waals surface area contributed by atoms with Gasteiger partial charge in [0.2, 0.25) is 5.91 Å². The van der Waals surface area contributed by atoms with E-state index >= 15 is 0 Å². The van der Waals surface area contributed by atoms with Gasteiger partial charge in [0.1, 0.15) is 18.4 Å². The van der Waals surface area contributed by atoms with E-state index in [2.05, 4.69) is 24.5 Å². The lowest BCUT2D eigenvalue weighted by Gasteiger charge is -2.42. The van der Waals surface area contributed by atoms with Crippen LogP contribution in [0.4, 0.5) is 10.5 Å². The van der Waals surface area contributed by atoms with E-state index < -0.39 is 25.6 Å². The lowest BCUT2D eigenvalue weighted by atomic mass is 10.0. The van der Waals surface area contributed by atoms with E-state index in [9.17, 15) is 19.2 Å². The molecule has 1 aromatic heterocycles. The van der Waals surface area contributed by atoms with Gasteiger partial charge in [-0.2, -0.15) is 0 Å². The molecule has 3 atom stereocenters. The number of anilines is 1. The highest BCUT2D eigenvalue weighted by Crippen LogP contribution is 2.35. The van der Waals surface area contributed by atoms with Crippen molar-refractivity contribution < 1.29 is 23.9 Å². The van der Waals surface area contributed by atoms with Crippen LogP contribution in [-0.2, 0) is 26.1 Å². The second kappa shape index (κ2) is 11.2. The van der Waals surface area contributed by atoms with Crippen LogP contribution in [0.25, 0.3) is 11.0 Å². The van der Waals surface area contributed by atoms with Crippen LogP contribution < -0.4 is 10.6 Å². The average molecular weight is 600 g/mol. The van der Waals surface area contributed by atoms with E-state index in [0.717, 1.165) is 35.0 Å². The highest BCUT2D eigenvalue weighted by atomic mass is 28.3. The topological polar surface area (TPSA) is 106 Å². The van der Waals surface area contributed by atoms with Gasteiger partial charge in [0.15, 0.2) is 0 Å². The predicted molar refractivity (Wildman–Crippen MR) is 163 cm³/mol. The number of aromatic nitrogens is 2. The Morgan fingerprint density at radius 3 is 2.29 bits per heavy atom. The second-order valence-electron chi connectivity index (χ2n) is 14.1. The lowest BCUT2D eigenvalue weighted by Crippen LogP contribution is -2.56. The summed E-state index contributed by atoms with van der Waals surface area (Å²) in [6, 6.07) is 6.18. The summed E-state index contributed by atoms with van der Waals surface area (Å²) in [7, 11) is 0.407. The maximum atomic E-state index is 13.5. The molecule has 0 radical (unpaired) electrons. The molecule has 0 spiro atoms. The molecule has 11 nitrogen and oxygen atoms in total. The van der Waals surface area contributed by atoms with Crippen LogP contribution in [0.1, 0.15) is 52.5 Å². The number of aryl methyl sites for hydroxylation is 1. The number of rotatable bonds is 7. The Morgan fingerprint density at radius 2 is 1.67 bits per heavy atom. The molecule has 2 aromatic rings. The van der Waals surface area contributed by atoms with E-state index in [1.807, 2.05) is 43.9 Å². The number of carbonyl (C=O) groups excluding carboxylic acids is 3. The molecule has 3 amide bonds. The van der Waals surface area contributed by atoms with Gasteiger partial charge >= 0.3 is 11.8 Å². The average Bonchev–Trinajstić information content (AvgIpc) is 3.30. The summed E-state index contributed by atoms with van der Waals surface area (Å²) in [6.45, 7) is 14.2. The number of nitrogens with zero attached hydrogens (tertiary/aromatic N) is 5. The molecular formula is C30H45N5O6Si.